The monoisotopic (exact) mass is 261 g/mol. The van der Waals surface area contributed by atoms with Gasteiger partial charge in [0.05, 0.1) is 5.69 Å². The smallest absolute Gasteiger partial charge is 0.180 e. The Bertz CT molecular complexity index is 578. The molecule has 6 heteroatoms. The van der Waals surface area contributed by atoms with Crippen molar-refractivity contribution in [3.63, 3.8) is 0 Å². The standard InChI is InChI=1S/C12H15N5S/c1-3-17-10(4-5-14-17)12-15-9-7-18-6-8(9)11(13-2)16-12/h4-5H,3,6-7H2,1-2H3,(H,13,15,16). The first-order valence-corrected chi connectivity index (χ1v) is 7.16. The van der Waals surface area contributed by atoms with E-state index in [1.54, 1.807) is 6.20 Å². The van der Waals surface area contributed by atoms with Crippen molar-refractivity contribution in [2.45, 2.75) is 25.0 Å². The van der Waals surface area contributed by atoms with Crippen LogP contribution in [-0.4, -0.2) is 26.8 Å². The van der Waals surface area contributed by atoms with E-state index >= 15 is 0 Å². The fourth-order valence-corrected chi connectivity index (χ4v) is 3.19. The van der Waals surface area contributed by atoms with Gasteiger partial charge in [0.1, 0.15) is 11.5 Å². The van der Waals surface area contributed by atoms with Crippen LogP contribution in [0.25, 0.3) is 11.5 Å². The molecule has 0 saturated heterocycles. The van der Waals surface area contributed by atoms with E-state index in [-0.39, 0.29) is 0 Å². The van der Waals surface area contributed by atoms with Crippen molar-refractivity contribution in [1.82, 2.24) is 19.7 Å². The Hall–Kier alpha value is -1.56. The maximum Gasteiger partial charge on any atom is 0.180 e. The predicted molar refractivity (Wildman–Crippen MR) is 73.5 cm³/mol. The highest BCUT2D eigenvalue weighted by Gasteiger charge is 2.20. The quantitative estimate of drug-likeness (QED) is 0.917. The van der Waals surface area contributed by atoms with E-state index in [2.05, 4.69) is 27.3 Å². The molecular formula is C12H15N5S. The van der Waals surface area contributed by atoms with Gasteiger partial charge >= 0.3 is 0 Å². The molecule has 0 amide bonds. The first-order chi connectivity index (χ1) is 8.83. The van der Waals surface area contributed by atoms with Crippen molar-refractivity contribution in [2.24, 2.45) is 0 Å². The molecule has 0 unspecified atom stereocenters. The van der Waals surface area contributed by atoms with E-state index in [9.17, 15) is 0 Å². The lowest BCUT2D eigenvalue weighted by atomic mass is 10.2. The number of hydrogen-bond donors (Lipinski definition) is 1. The van der Waals surface area contributed by atoms with Crippen molar-refractivity contribution in [3.05, 3.63) is 23.5 Å². The zero-order chi connectivity index (χ0) is 12.5. The lowest BCUT2D eigenvalue weighted by Gasteiger charge is -2.09. The SMILES string of the molecule is CCn1nccc1-c1nc2c(c(NC)n1)CSC2. The predicted octanol–water partition coefficient (Wildman–Crippen LogP) is 2.15. The first kappa shape index (κ1) is 11.5. The van der Waals surface area contributed by atoms with E-state index < -0.39 is 0 Å². The molecule has 0 bridgehead atoms. The number of hydrogen-bond acceptors (Lipinski definition) is 5. The molecule has 94 valence electrons. The van der Waals surface area contributed by atoms with Crippen LogP contribution >= 0.6 is 11.8 Å². The van der Waals surface area contributed by atoms with Crippen LogP contribution in [0.1, 0.15) is 18.2 Å². The topological polar surface area (TPSA) is 55.6 Å². The van der Waals surface area contributed by atoms with Crippen LogP contribution in [0.15, 0.2) is 12.3 Å². The van der Waals surface area contributed by atoms with E-state index in [0.717, 1.165) is 41.1 Å². The van der Waals surface area contributed by atoms with Gasteiger partial charge in [-0.15, -0.1) is 0 Å². The van der Waals surface area contributed by atoms with Crippen molar-refractivity contribution >= 4 is 17.6 Å². The highest BCUT2D eigenvalue weighted by molar-refractivity contribution is 7.98. The second-order valence-corrected chi connectivity index (χ2v) is 5.08. The summed E-state index contributed by atoms with van der Waals surface area (Å²) in [5.41, 5.74) is 3.38. The Kier molecular flexibility index (Phi) is 2.95. The van der Waals surface area contributed by atoms with Crippen LogP contribution in [-0.2, 0) is 18.1 Å². The van der Waals surface area contributed by atoms with Crippen LogP contribution in [0.4, 0.5) is 5.82 Å². The average molecular weight is 261 g/mol. The number of anilines is 1. The summed E-state index contributed by atoms with van der Waals surface area (Å²) < 4.78 is 1.92. The summed E-state index contributed by atoms with van der Waals surface area (Å²) in [6.45, 7) is 2.89. The third-order valence-corrected chi connectivity index (χ3v) is 4.03. The van der Waals surface area contributed by atoms with Gasteiger partial charge in [-0.05, 0) is 13.0 Å². The average Bonchev–Trinajstić information content (AvgIpc) is 3.05. The number of nitrogens with one attached hydrogen (secondary N) is 1. The zero-order valence-corrected chi connectivity index (χ0v) is 11.3. The molecular weight excluding hydrogens is 246 g/mol. The second kappa shape index (κ2) is 4.61. The van der Waals surface area contributed by atoms with E-state index in [4.69, 9.17) is 0 Å². The molecule has 1 aliphatic heterocycles. The fourth-order valence-electron chi connectivity index (χ4n) is 2.15. The molecule has 3 rings (SSSR count). The van der Waals surface area contributed by atoms with Crippen LogP contribution in [0.2, 0.25) is 0 Å². The highest BCUT2D eigenvalue weighted by atomic mass is 32.2. The lowest BCUT2D eigenvalue weighted by molar-refractivity contribution is 0.663. The molecule has 0 aromatic carbocycles. The summed E-state index contributed by atoms with van der Waals surface area (Å²) in [4.78, 5) is 9.30. The Balaban J connectivity index is 2.13. The minimum atomic E-state index is 0.764. The summed E-state index contributed by atoms with van der Waals surface area (Å²) in [5, 5.41) is 7.44. The maximum atomic E-state index is 4.68. The summed E-state index contributed by atoms with van der Waals surface area (Å²) in [6, 6.07) is 1.97. The molecule has 0 fully saturated rings. The minimum absolute atomic E-state index is 0.764. The number of nitrogens with zero attached hydrogens (tertiary/aromatic N) is 4. The van der Waals surface area contributed by atoms with Crippen molar-refractivity contribution < 1.29 is 0 Å². The summed E-state index contributed by atoms with van der Waals surface area (Å²) in [7, 11) is 1.91. The molecule has 0 radical (unpaired) electrons. The summed E-state index contributed by atoms with van der Waals surface area (Å²) >= 11 is 1.88. The van der Waals surface area contributed by atoms with E-state index in [1.807, 2.05) is 29.6 Å². The number of thioether (sulfide) groups is 1. The fraction of sp³-hybridized carbons (Fsp3) is 0.417. The number of rotatable bonds is 3. The third kappa shape index (κ3) is 1.77. The van der Waals surface area contributed by atoms with Gasteiger partial charge in [0.2, 0.25) is 0 Å². The Morgan fingerprint density at radius 1 is 1.39 bits per heavy atom. The van der Waals surface area contributed by atoms with Crippen molar-refractivity contribution in [2.75, 3.05) is 12.4 Å². The van der Waals surface area contributed by atoms with Gasteiger partial charge in [0.25, 0.3) is 0 Å². The molecule has 18 heavy (non-hydrogen) atoms. The third-order valence-electron chi connectivity index (χ3n) is 3.06. The molecule has 2 aromatic heterocycles. The van der Waals surface area contributed by atoms with E-state index in [1.165, 1.54) is 5.56 Å². The molecule has 2 aromatic rings. The van der Waals surface area contributed by atoms with Gasteiger partial charge in [-0.3, -0.25) is 4.68 Å². The molecule has 1 N–H and O–H groups in total. The van der Waals surface area contributed by atoms with Gasteiger partial charge in [0, 0.05) is 36.9 Å². The van der Waals surface area contributed by atoms with E-state index in [0.29, 0.717) is 0 Å². The van der Waals surface area contributed by atoms with Crippen molar-refractivity contribution in [1.29, 1.82) is 0 Å². The van der Waals surface area contributed by atoms with Gasteiger partial charge in [-0.1, -0.05) is 0 Å². The van der Waals surface area contributed by atoms with Gasteiger partial charge in [-0.2, -0.15) is 16.9 Å². The number of aromatic nitrogens is 4. The van der Waals surface area contributed by atoms with Crippen LogP contribution in [0, 0.1) is 0 Å². The minimum Gasteiger partial charge on any atom is -0.373 e. The lowest BCUT2D eigenvalue weighted by Crippen LogP contribution is -2.06. The molecule has 1 aliphatic rings. The Morgan fingerprint density at radius 3 is 3.06 bits per heavy atom. The van der Waals surface area contributed by atoms with Gasteiger partial charge in [0.15, 0.2) is 5.82 Å². The largest absolute Gasteiger partial charge is 0.373 e. The maximum absolute atomic E-state index is 4.68. The Labute approximate surface area is 110 Å². The van der Waals surface area contributed by atoms with Crippen LogP contribution < -0.4 is 5.32 Å². The van der Waals surface area contributed by atoms with Crippen LogP contribution in [0.5, 0.6) is 0 Å². The van der Waals surface area contributed by atoms with Gasteiger partial charge < -0.3 is 5.32 Å². The first-order valence-electron chi connectivity index (χ1n) is 6.01. The molecule has 3 heterocycles. The Morgan fingerprint density at radius 2 is 2.28 bits per heavy atom. The molecule has 0 spiro atoms. The highest BCUT2D eigenvalue weighted by Crippen LogP contribution is 2.34. The van der Waals surface area contributed by atoms with Crippen molar-refractivity contribution in [3.8, 4) is 11.5 Å². The number of fused-ring (bicyclic) bond motifs is 1. The molecule has 0 aliphatic carbocycles. The van der Waals surface area contributed by atoms with Crippen LogP contribution in [0.3, 0.4) is 0 Å². The molecule has 5 nitrogen and oxygen atoms in total. The second-order valence-electron chi connectivity index (χ2n) is 4.10. The van der Waals surface area contributed by atoms with Gasteiger partial charge in [-0.25, -0.2) is 9.97 Å². The normalized spacial score (nSPS) is 13.7. The number of aryl methyl sites for hydroxylation is 1. The zero-order valence-electron chi connectivity index (χ0n) is 10.5. The molecule has 0 atom stereocenters. The summed E-state index contributed by atoms with van der Waals surface area (Å²) in [5.74, 6) is 3.68. The summed E-state index contributed by atoms with van der Waals surface area (Å²) in [6.07, 6.45) is 1.79. The molecule has 0 saturated carbocycles.